The van der Waals surface area contributed by atoms with E-state index in [0.29, 0.717) is 37.0 Å². The zero-order chi connectivity index (χ0) is 21.7. The Balaban J connectivity index is 1.57. The lowest BCUT2D eigenvalue weighted by Gasteiger charge is -2.40. The van der Waals surface area contributed by atoms with E-state index in [1.54, 1.807) is 46.3 Å². The normalized spacial score (nSPS) is 16.7. The lowest BCUT2D eigenvalue weighted by Crippen LogP contribution is -2.57. The summed E-state index contributed by atoms with van der Waals surface area (Å²) in [4.78, 5) is 32.5. The highest BCUT2D eigenvalue weighted by Gasteiger charge is 2.32. The monoisotopic (exact) mass is 412 g/mol. The second kappa shape index (κ2) is 9.02. The fraction of sp³-hybridized carbons (Fsp3) is 0.409. The van der Waals surface area contributed by atoms with Crippen molar-refractivity contribution in [1.29, 1.82) is 0 Å². The minimum Gasteiger partial charge on any atom is -0.444 e. The van der Waals surface area contributed by atoms with Crippen LogP contribution < -0.4 is 10.1 Å². The third-order valence-corrected chi connectivity index (χ3v) is 4.49. The maximum absolute atomic E-state index is 12.8. The van der Waals surface area contributed by atoms with Crippen LogP contribution in [0.4, 0.5) is 15.3 Å². The number of amides is 3. The highest BCUT2D eigenvalue weighted by molar-refractivity contribution is 5.90. The fourth-order valence-electron chi connectivity index (χ4n) is 3.11. The minimum absolute atomic E-state index is 0.140. The highest BCUT2D eigenvalue weighted by Crippen LogP contribution is 2.23. The van der Waals surface area contributed by atoms with Crippen molar-refractivity contribution in [2.45, 2.75) is 39.3 Å². The van der Waals surface area contributed by atoms with E-state index in [2.05, 4.69) is 10.3 Å². The van der Waals surface area contributed by atoms with Gasteiger partial charge >= 0.3 is 12.1 Å². The van der Waals surface area contributed by atoms with Crippen LogP contribution in [0.3, 0.4) is 0 Å². The van der Waals surface area contributed by atoms with E-state index >= 15 is 0 Å². The number of benzene rings is 1. The zero-order valence-corrected chi connectivity index (χ0v) is 17.8. The van der Waals surface area contributed by atoms with Crippen LogP contribution in [0, 0.1) is 0 Å². The van der Waals surface area contributed by atoms with Crippen molar-refractivity contribution in [3.8, 4) is 11.6 Å². The van der Waals surface area contributed by atoms with Gasteiger partial charge in [-0.2, -0.15) is 0 Å². The Morgan fingerprint density at radius 1 is 1.13 bits per heavy atom. The summed E-state index contributed by atoms with van der Waals surface area (Å²) in [6.07, 6.45) is 1.30. The number of pyridine rings is 1. The largest absolute Gasteiger partial charge is 0.444 e. The van der Waals surface area contributed by atoms with Gasteiger partial charge in [-0.15, -0.1) is 0 Å². The number of nitrogens with zero attached hydrogens (tertiary/aromatic N) is 3. The van der Waals surface area contributed by atoms with Crippen LogP contribution in [0.2, 0.25) is 0 Å². The van der Waals surface area contributed by atoms with Crippen molar-refractivity contribution in [1.82, 2.24) is 14.8 Å². The molecule has 1 N–H and O–H groups in total. The Morgan fingerprint density at radius 3 is 2.60 bits per heavy atom. The molecule has 8 nitrogen and oxygen atoms in total. The summed E-state index contributed by atoms with van der Waals surface area (Å²) in [5.74, 6) is 1.06. The summed E-state index contributed by atoms with van der Waals surface area (Å²) in [5.41, 5.74) is 0.0761. The zero-order valence-electron chi connectivity index (χ0n) is 17.8. The summed E-state index contributed by atoms with van der Waals surface area (Å²) in [6, 6.07) is 12.2. The summed E-state index contributed by atoms with van der Waals surface area (Å²) >= 11 is 0. The lowest BCUT2D eigenvalue weighted by molar-refractivity contribution is 0.0112. The Bertz CT molecular complexity index is 882. The number of hydrogen-bond acceptors (Lipinski definition) is 5. The smallest absolute Gasteiger partial charge is 0.410 e. The lowest BCUT2D eigenvalue weighted by atomic mass is 10.2. The Hall–Kier alpha value is -3.29. The maximum Gasteiger partial charge on any atom is 0.410 e. The summed E-state index contributed by atoms with van der Waals surface area (Å²) in [7, 11) is 0. The molecule has 30 heavy (non-hydrogen) atoms. The second-order valence-electron chi connectivity index (χ2n) is 8.20. The average molecular weight is 412 g/mol. The molecule has 1 aliphatic heterocycles. The molecule has 1 atom stereocenters. The van der Waals surface area contributed by atoms with Gasteiger partial charge in [-0.25, -0.2) is 14.6 Å². The summed E-state index contributed by atoms with van der Waals surface area (Å²) in [6.45, 7) is 8.70. The van der Waals surface area contributed by atoms with Gasteiger partial charge in [0.2, 0.25) is 5.88 Å². The number of rotatable bonds is 3. The molecule has 0 saturated carbocycles. The van der Waals surface area contributed by atoms with Crippen LogP contribution in [0.1, 0.15) is 27.7 Å². The second-order valence-corrected chi connectivity index (χ2v) is 8.20. The number of anilines is 1. The predicted octanol–water partition coefficient (Wildman–Crippen LogP) is 4.35. The molecule has 0 radical (unpaired) electrons. The van der Waals surface area contributed by atoms with Gasteiger partial charge in [0.25, 0.3) is 0 Å². The van der Waals surface area contributed by atoms with Crippen LogP contribution in [0.25, 0.3) is 0 Å². The van der Waals surface area contributed by atoms with E-state index in [1.165, 1.54) is 0 Å². The topological polar surface area (TPSA) is 84.0 Å². The van der Waals surface area contributed by atoms with Gasteiger partial charge < -0.3 is 24.6 Å². The molecule has 1 saturated heterocycles. The average Bonchev–Trinajstić information content (AvgIpc) is 2.67. The third kappa shape index (κ3) is 5.85. The molecule has 160 valence electrons. The Morgan fingerprint density at radius 2 is 1.93 bits per heavy atom. The van der Waals surface area contributed by atoms with E-state index in [1.807, 2.05) is 39.8 Å². The molecule has 3 amide bonds. The number of carbonyl (C=O) groups is 2. The van der Waals surface area contributed by atoms with Gasteiger partial charge in [0.1, 0.15) is 11.4 Å². The van der Waals surface area contributed by atoms with Crippen molar-refractivity contribution in [3.63, 3.8) is 0 Å². The van der Waals surface area contributed by atoms with Gasteiger partial charge in [0.15, 0.2) is 0 Å². The van der Waals surface area contributed by atoms with E-state index in [0.717, 1.165) is 0 Å². The molecule has 0 spiro atoms. The quantitative estimate of drug-likeness (QED) is 0.810. The van der Waals surface area contributed by atoms with Crippen LogP contribution in [-0.2, 0) is 4.74 Å². The molecule has 1 aliphatic rings. The van der Waals surface area contributed by atoms with Crippen LogP contribution >= 0.6 is 0 Å². The van der Waals surface area contributed by atoms with Crippen molar-refractivity contribution in [2.24, 2.45) is 0 Å². The van der Waals surface area contributed by atoms with Gasteiger partial charge in [-0.3, -0.25) is 0 Å². The number of ether oxygens (including phenoxy) is 2. The molecule has 1 aromatic carbocycles. The molecule has 0 bridgehead atoms. The van der Waals surface area contributed by atoms with E-state index in [4.69, 9.17) is 9.47 Å². The first kappa shape index (κ1) is 21.4. The molecule has 3 rings (SSSR count). The number of hydrogen-bond donors (Lipinski definition) is 1. The molecule has 8 heteroatoms. The number of urea groups is 1. The summed E-state index contributed by atoms with van der Waals surface area (Å²) in [5, 5.41) is 2.90. The third-order valence-electron chi connectivity index (χ3n) is 4.49. The van der Waals surface area contributed by atoms with Crippen molar-refractivity contribution < 1.29 is 19.1 Å². The molecule has 2 aromatic rings. The predicted molar refractivity (Wildman–Crippen MR) is 114 cm³/mol. The maximum atomic E-state index is 12.8. The Labute approximate surface area is 176 Å². The first-order valence-corrected chi connectivity index (χ1v) is 9.96. The summed E-state index contributed by atoms with van der Waals surface area (Å²) < 4.78 is 11.1. The van der Waals surface area contributed by atoms with E-state index in [9.17, 15) is 9.59 Å². The molecule has 1 fully saturated rings. The number of nitrogens with one attached hydrogen (secondary N) is 1. The van der Waals surface area contributed by atoms with Crippen molar-refractivity contribution in [3.05, 3.63) is 48.7 Å². The standard InChI is InChI=1S/C22H28N4O4/c1-16-15-25(21(28)30-22(2,3)4)12-13-26(16)20(27)24-17-8-7-9-18(14-17)29-19-10-5-6-11-23-19/h5-11,14,16H,12-13,15H2,1-4H3,(H,24,27)/t16-/m1/s1. The van der Waals surface area contributed by atoms with Crippen molar-refractivity contribution in [2.75, 3.05) is 25.0 Å². The molecule has 0 aliphatic carbocycles. The van der Waals surface area contributed by atoms with Gasteiger partial charge in [-0.05, 0) is 45.9 Å². The van der Waals surface area contributed by atoms with Crippen LogP contribution in [-0.4, -0.2) is 58.2 Å². The number of carbonyl (C=O) groups excluding carboxylic acids is 2. The Kier molecular flexibility index (Phi) is 6.44. The van der Waals surface area contributed by atoms with Gasteiger partial charge in [0, 0.05) is 49.7 Å². The minimum atomic E-state index is -0.544. The van der Waals surface area contributed by atoms with Crippen molar-refractivity contribution >= 4 is 17.8 Å². The van der Waals surface area contributed by atoms with E-state index < -0.39 is 5.60 Å². The molecule has 0 unspecified atom stereocenters. The fourth-order valence-corrected chi connectivity index (χ4v) is 3.11. The number of piperazine rings is 1. The first-order valence-electron chi connectivity index (χ1n) is 9.96. The first-order chi connectivity index (χ1) is 14.2. The highest BCUT2D eigenvalue weighted by atomic mass is 16.6. The van der Waals surface area contributed by atoms with Gasteiger partial charge in [0.05, 0.1) is 0 Å². The molecular formula is C22H28N4O4. The number of aromatic nitrogens is 1. The molecular weight excluding hydrogens is 384 g/mol. The van der Waals surface area contributed by atoms with Crippen LogP contribution in [0.5, 0.6) is 11.6 Å². The van der Waals surface area contributed by atoms with Crippen LogP contribution in [0.15, 0.2) is 48.7 Å². The van der Waals surface area contributed by atoms with Gasteiger partial charge in [-0.1, -0.05) is 12.1 Å². The SMILES string of the molecule is C[C@@H]1CN(C(=O)OC(C)(C)C)CCN1C(=O)Nc1cccc(Oc2ccccn2)c1. The molecule has 2 heterocycles. The molecule has 1 aromatic heterocycles. The van der Waals surface area contributed by atoms with E-state index in [-0.39, 0.29) is 18.2 Å².